The van der Waals surface area contributed by atoms with E-state index in [0.29, 0.717) is 16.8 Å². The first-order valence-electron chi connectivity index (χ1n) is 8.42. The number of thioether (sulfide) groups is 1. The van der Waals surface area contributed by atoms with E-state index in [-0.39, 0.29) is 0 Å². The van der Waals surface area contributed by atoms with Crippen LogP contribution >= 0.6 is 11.8 Å². The molecule has 0 unspecified atom stereocenters. The fourth-order valence-corrected chi connectivity index (χ4v) is 3.21. The number of hydrogen-bond donors (Lipinski definition) is 1. The Morgan fingerprint density at radius 1 is 1.00 bits per heavy atom. The van der Waals surface area contributed by atoms with Gasteiger partial charge in [0, 0.05) is 16.9 Å². The highest BCUT2D eigenvalue weighted by molar-refractivity contribution is 7.98. The molecule has 4 aromatic rings. The zero-order valence-corrected chi connectivity index (χ0v) is 15.8. The first-order chi connectivity index (χ1) is 13.2. The van der Waals surface area contributed by atoms with Gasteiger partial charge in [0.15, 0.2) is 5.82 Å². The van der Waals surface area contributed by atoms with Crippen LogP contribution in [-0.2, 0) is 5.75 Å². The minimum Gasteiger partial charge on any atom is -0.497 e. The molecule has 0 atom stereocenters. The molecule has 7 heteroatoms. The van der Waals surface area contributed by atoms with Gasteiger partial charge in [-0.3, -0.25) is 5.10 Å². The Hall–Kier alpha value is -3.06. The van der Waals surface area contributed by atoms with Gasteiger partial charge in [0.25, 0.3) is 0 Å². The fraction of sp³-hybridized carbons (Fsp3) is 0.150. The van der Waals surface area contributed by atoms with Crippen molar-refractivity contribution in [1.82, 2.24) is 20.2 Å². The quantitative estimate of drug-likeness (QED) is 0.489. The number of H-pyrrole nitrogens is 1. The topological polar surface area (TPSA) is 76.8 Å². The second kappa shape index (κ2) is 7.67. The predicted molar refractivity (Wildman–Crippen MR) is 105 cm³/mol. The summed E-state index contributed by atoms with van der Waals surface area (Å²) in [7, 11) is 1.64. The van der Waals surface area contributed by atoms with Crippen molar-refractivity contribution >= 4 is 11.8 Å². The van der Waals surface area contributed by atoms with Crippen LogP contribution in [0.5, 0.6) is 5.75 Å². The van der Waals surface area contributed by atoms with Gasteiger partial charge in [-0.25, -0.2) is 9.97 Å². The van der Waals surface area contributed by atoms with E-state index < -0.39 is 0 Å². The molecule has 0 saturated heterocycles. The molecule has 0 aliphatic rings. The van der Waals surface area contributed by atoms with E-state index in [1.54, 1.807) is 13.4 Å². The molecule has 0 spiro atoms. The van der Waals surface area contributed by atoms with Gasteiger partial charge in [0.05, 0.1) is 12.8 Å². The smallest absolute Gasteiger partial charge is 0.226 e. The van der Waals surface area contributed by atoms with Gasteiger partial charge in [-0.1, -0.05) is 41.6 Å². The third kappa shape index (κ3) is 4.03. The molecular formula is C20H18N4O2S. The molecule has 1 N–H and O–H groups in total. The molecule has 0 aliphatic carbocycles. The van der Waals surface area contributed by atoms with Crippen LogP contribution < -0.4 is 4.74 Å². The van der Waals surface area contributed by atoms with E-state index in [2.05, 4.69) is 39.2 Å². The number of oxazole rings is 1. The molecule has 6 nitrogen and oxygen atoms in total. The number of rotatable bonds is 6. The predicted octanol–water partition coefficient (Wildman–Crippen LogP) is 4.74. The second-order valence-corrected chi connectivity index (χ2v) is 6.94. The lowest BCUT2D eigenvalue weighted by Gasteiger charge is -1.99. The van der Waals surface area contributed by atoms with E-state index in [9.17, 15) is 0 Å². The van der Waals surface area contributed by atoms with Crippen molar-refractivity contribution in [3.8, 4) is 28.6 Å². The number of ether oxygens (including phenoxy) is 1. The van der Waals surface area contributed by atoms with Gasteiger partial charge >= 0.3 is 0 Å². The van der Waals surface area contributed by atoms with Gasteiger partial charge in [-0.05, 0) is 31.2 Å². The summed E-state index contributed by atoms with van der Waals surface area (Å²) < 4.78 is 10.8. The van der Waals surface area contributed by atoms with Crippen LogP contribution in [-0.4, -0.2) is 27.3 Å². The Morgan fingerprint density at radius 3 is 2.48 bits per heavy atom. The summed E-state index contributed by atoms with van der Waals surface area (Å²) in [5.74, 6) is 2.78. The lowest BCUT2D eigenvalue weighted by atomic mass is 10.1. The molecule has 0 radical (unpaired) electrons. The molecule has 0 saturated carbocycles. The lowest BCUT2D eigenvalue weighted by Crippen LogP contribution is -1.85. The van der Waals surface area contributed by atoms with Crippen molar-refractivity contribution in [1.29, 1.82) is 0 Å². The number of aryl methyl sites for hydroxylation is 1. The van der Waals surface area contributed by atoms with Crippen molar-refractivity contribution in [2.75, 3.05) is 7.11 Å². The Morgan fingerprint density at radius 2 is 1.74 bits per heavy atom. The summed E-state index contributed by atoms with van der Waals surface area (Å²) in [5.41, 5.74) is 3.98. The number of aromatic amines is 1. The molecule has 4 rings (SSSR count). The SMILES string of the molecule is COc1ccc(-c2nc(CSc3n[nH]c(-c4ccc(C)cc4)n3)co2)cc1. The molecule has 2 heterocycles. The maximum absolute atomic E-state index is 5.58. The zero-order valence-electron chi connectivity index (χ0n) is 15.0. The first-order valence-corrected chi connectivity index (χ1v) is 9.41. The summed E-state index contributed by atoms with van der Waals surface area (Å²) in [6.45, 7) is 2.06. The minimum atomic E-state index is 0.587. The van der Waals surface area contributed by atoms with Crippen molar-refractivity contribution in [3.05, 3.63) is 66.1 Å². The highest BCUT2D eigenvalue weighted by atomic mass is 32.2. The highest BCUT2D eigenvalue weighted by Crippen LogP contribution is 2.25. The average Bonchev–Trinajstić information content (AvgIpc) is 3.37. The van der Waals surface area contributed by atoms with Gasteiger partial charge in [0.1, 0.15) is 12.0 Å². The minimum absolute atomic E-state index is 0.587. The van der Waals surface area contributed by atoms with Crippen LogP contribution in [0.15, 0.2) is 64.4 Å². The maximum Gasteiger partial charge on any atom is 0.226 e. The molecule has 0 fully saturated rings. The standard InChI is InChI=1S/C20H18N4O2S/c1-13-3-5-14(6-4-13)18-22-20(24-23-18)27-12-16-11-26-19(21-16)15-7-9-17(25-2)10-8-15/h3-11H,12H2,1-2H3,(H,22,23,24). The fourth-order valence-electron chi connectivity index (χ4n) is 2.53. The highest BCUT2D eigenvalue weighted by Gasteiger charge is 2.10. The van der Waals surface area contributed by atoms with Crippen molar-refractivity contribution in [2.24, 2.45) is 0 Å². The Kier molecular flexibility index (Phi) is 4.93. The van der Waals surface area contributed by atoms with Gasteiger partial charge in [-0.15, -0.1) is 5.10 Å². The van der Waals surface area contributed by atoms with Crippen LogP contribution in [0.3, 0.4) is 0 Å². The molecule has 136 valence electrons. The summed E-state index contributed by atoms with van der Waals surface area (Å²) >= 11 is 1.51. The van der Waals surface area contributed by atoms with Gasteiger partial charge in [0.2, 0.25) is 11.0 Å². The molecule has 2 aromatic heterocycles. The molecule has 0 aliphatic heterocycles. The number of aromatic nitrogens is 4. The Balaban J connectivity index is 1.40. The zero-order chi connectivity index (χ0) is 18.6. The molecule has 27 heavy (non-hydrogen) atoms. The summed E-state index contributed by atoms with van der Waals surface area (Å²) in [6.07, 6.45) is 1.67. The van der Waals surface area contributed by atoms with E-state index in [1.165, 1.54) is 17.3 Å². The summed E-state index contributed by atoms with van der Waals surface area (Å²) in [6, 6.07) is 15.8. The van der Waals surface area contributed by atoms with Crippen molar-refractivity contribution < 1.29 is 9.15 Å². The summed E-state index contributed by atoms with van der Waals surface area (Å²) in [4.78, 5) is 9.06. The molecule has 2 aromatic carbocycles. The number of benzene rings is 2. The monoisotopic (exact) mass is 378 g/mol. The largest absolute Gasteiger partial charge is 0.497 e. The van der Waals surface area contributed by atoms with E-state index in [1.807, 2.05) is 36.4 Å². The number of nitrogens with zero attached hydrogens (tertiary/aromatic N) is 3. The average molecular weight is 378 g/mol. The summed E-state index contributed by atoms with van der Waals surface area (Å²) in [5, 5.41) is 7.93. The molecule has 0 amide bonds. The normalized spacial score (nSPS) is 10.9. The third-order valence-electron chi connectivity index (χ3n) is 4.03. The second-order valence-electron chi connectivity index (χ2n) is 5.99. The van der Waals surface area contributed by atoms with E-state index >= 15 is 0 Å². The van der Waals surface area contributed by atoms with Crippen molar-refractivity contribution in [3.63, 3.8) is 0 Å². The van der Waals surface area contributed by atoms with E-state index in [4.69, 9.17) is 9.15 Å². The lowest BCUT2D eigenvalue weighted by molar-refractivity contribution is 0.415. The number of methoxy groups -OCH3 is 1. The van der Waals surface area contributed by atoms with Gasteiger partial charge in [-0.2, -0.15) is 0 Å². The van der Waals surface area contributed by atoms with Crippen LogP contribution in [0.4, 0.5) is 0 Å². The first kappa shape index (κ1) is 17.4. The van der Waals surface area contributed by atoms with E-state index in [0.717, 1.165) is 28.4 Å². The van der Waals surface area contributed by atoms with Crippen molar-refractivity contribution in [2.45, 2.75) is 17.8 Å². The maximum atomic E-state index is 5.58. The van der Waals surface area contributed by atoms with Crippen LogP contribution in [0.25, 0.3) is 22.8 Å². The number of nitrogens with one attached hydrogen (secondary N) is 1. The molecule has 0 bridgehead atoms. The third-order valence-corrected chi connectivity index (χ3v) is 4.91. The van der Waals surface area contributed by atoms with Gasteiger partial charge < -0.3 is 9.15 Å². The Bertz CT molecular complexity index is 1020. The Labute approximate surface area is 161 Å². The number of hydrogen-bond acceptors (Lipinski definition) is 6. The molecular weight excluding hydrogens is 360 g/mol. The van der Waals surface area contributed by atoms with Crippen LogP contribution in [0.1, 0.15) is 11.3 Å². The van der Waals surface area contributed by atoms with Crippen LogP contribution in [0, 0.1) is 6.92 Å². The van der Waals surface area contributed by atoms with Crippen LogP contribution in [0.2, 0.25) is 0 Å².